The van der Waals surface area contributed by atoms with Crippen LogP contribution < -0.4 is 9.47 Å². The minimum absolute atomic E-state index is 0.0236. The van der Waals surface area contributed by atoms with Gasteiger partial charge in [-0.1, -0.05) is 0 Å². The second-order valence-electron chi connectivity index (χ2n) is 6.91. The lowest BCUT2D eigenvalue weighted by atomic mass is 9.80. The molecule has 6 nitrogen and oxygen atoms in total. The number of hydrogen-bond acceptors (Lipinski definition) is 5. The van der Waals surface area contributed by atoms with E-state index in [-0.39, 0.29) is 30.2 Å². The van der Waals surface area contributed by atoms with Crippen molar-refractivity contribution in [1.82, 2.24) is 4.90 Å². The highest BCUT2D eigenvalue weighted by Crippen LogP contribution is 2.38. The number of ether oxygens (including phenoxy) is 4. The number of piperidine rings is 2. The molecule has 3 heterocycles. The highest BCUT2D eigenvalue weighted by Gasteiger charge is 2.47. The molecule has 0 N–H and O–H groups in total. The van der Waals surface area contributed by atoms with E-state index < -0.39 is 0 Å². The molecule has 2 bridgehead atoms. The van der Waals surface area contributed by atoms with Crippen LogP contribution in [0.15, 0.2) is 18.2 Å². The first-order chi connectivity index (χ1) is 12.2. The Morgan fingerprint density at radius 1 is 0.960 bits per heavy atom. The third-order valence-corrected chi connectivity index (χ3v) is 5.70. The van der Waals surface area contributed by atoms with Crippen LogP contribution in [-0.4, -0.2) is 62.5 Å². The van der Waals surface area contributed by atoms with Crippen molar-refractivity contribution in [3.63, 3.8) is 0 Å². The van der Waals surface area contributed by atoms with Crippen LogP contribution in [0.4, 0.5) is 0 Å². The summed E-state index contributed by atoms with van der Waals surface area (Å²) in [6.45, 7) is 1.05. The van der Waals surface area contributed by atoms with Crippen molar-refractivity contribution in [3.05, 3.63) is 23.8 Å². The van der Waals surface area contributed by atoms with Crippen molar-refractivity contribution < 1.29 is 23.7 Å². The third kappa shape index (κ3) is 2.87. The van der Waals surface area contributed by atoms with Crippen LogP contribution in [0.2, 0.25) is 0 Å². The average Bonchev–Trinajstić information content (AvgIpc) is 2.67. The number of methoxy groups -OCH3 is 2. The fourth-order valence-corrected chi connectivity index (χ4v) is 4.49. The quantitative estimate of drug-likeness (QED) is 0.839. The van der Waals surface area contributed by atoms with Crippen molar-refractivity contribution in [2.24, 2.45) is 0 Å². The first-order valence-corrected chi connectivity index (χ1v) is 9.01. The lowest BCUT2D eigenvalue weighted by Crippen LogP contribution is -2.63. The molecule has 2 saturated heterocycles. The van der Waals surface area contributed by atoms with E-state index in [1.807, 2.05) is 17.0 Å². The Morgan fingerprint density at radius 2 is 1.56 bits per heavy atom. The molecule has 4 unspecified atom stereocenters. The molecule has 0 spiro atoms. The first-order valence-electron chi connectivity index (χ1n) is 9.01. The molecule has 136 valence electrons. The van der Waals surface area contributed by atoms with Gasteiger partial charge in [-0.05, 0) is 43.9 Å². The maximum atomic E-state index is 13.3. The molecular weight excluding hydrogens is 322 g/mol. The molecule has 0 aliphatic carbocycles. The normalized spacial score (nSPS) is 30.9. The van der Waals surface area contributed by atoms with E-state index in [4.69, 9.17) is 18.9 Å². The van der Waals surface area contributed by atoms with Gasteiger partial charge in [-0.25, -0.2) is 0 Å². The van der Waals surface area contributed by atoms with Crippen LogP contribution in [0.1, 0.15) is 36.0 Å². The maximum Gasteiger partial charge on any atom is 0.254 e. The van der Waals surface area contributed by atoms with E-state index in [1.165, 1.54) is 0 Å². The van der Waals surface area contributed by atoms with Crippen molar-refractivity contribution in [3.8, 4) is 11.5 Å². The standard InChI is InChI=1S/C19H25NO5/c1-22-15-7-4-14-16(23-2)8-5-13(15)20(14)19(21)12-3-6-17-18(11-12)25-10-9-24-17/h3,6,11,13-16H,4-5,7-10H2,1-2H3. The minimum Gasteiger partial charge on any atom is -0.486 e. The van der Waals surface area contributed by atoms with E-state index >= 15 is 0 Å². The van der Waals surface area contributed by atoms with E-state index in [2.05, 4.69) is 0 Å². The van der Waals surface area contributed by atoms with Gasteiger partial charge in [0.1, 0.15) is 13.2 Å². The molecule has 0 saturated carbocycles. The van der Waals surface area contributed by atoms with Crippen molar-refractivity contribution in [1.29, 1.82) is 0 Å². The summed E-state index contributed by atoms with van der Waals surface area (Å²) in [5, 5.41) is 0. The molecular formula is C19H25NO5. The topological polar surface area (TPSA) is 57.2 Å². The second kappa shape index (κ2) is 6.84. The number of fused-ring (bicyclic) bond motifs is 3. The largest absolute Gasteiger partial charge is 0.486 e. The number of carbonyl (C=O) groups excluding carboxylic acids is 1. The highest BCUT2D eigenvalue weighted by atomic mass is 16.6. The van der Waals surface area contributed by atoms with Crippen molar-refractivity contribution >= 4 is 5.91 Å². The Labute approximate surface area is 148 Å². The molecule has 4 rings (SSSR count). The Balaban J connectivity index is 1.64. The summed E-state index contributed by atoms with van der Waals surface area (Å²) in [7, 11) is 3.47. The van der Waals surface area contributed by atoms with Crippen molar-refractivity contribution in [2.45, 2.75) is 50.0 Å². The third-order valence-electron chi connectivity index (χ3n) is 5.70. The number of nitrogens with zero attached hydrogens (tertiary/aromatic N) is 1. The SMILES string of the molecule is COC1CCC2C(OC)CCC1N2C(=O)c1ccc2c(c1)OCCO2. The maximum absolute atomic E-state index is 13.3. The summed E-state index contributed by atoms with van der Waals surface area (Å²) in [5.74, 6) is 1.37. The molecule has 0 aromatic heterocycles. The van der Waals surface area contributed by atoms with Gasteiger partial charge >= 0.3 is 0 Å². The summed E-state index contributed by atoms with van der Waals surface area (Å²) < 4.78 is 22.5. The van der Waals surface area contributed by atoms with Gasteiger partial charge < -0.3 is 23.8 Å². The van der Waals surface area contributed by atoms with Gasteiger partial charge in [-0.2, -0.15) is 0 Å². The molecule has 4 atom stereocenters. The number of benzene rings is 1. The lowest BCUT2D eigenvalue weighted by molar-refractivity contribution is -0.101. The van der Waals surface area contributed by atoms with Gasteiger partial charge in [0.05, 0.1) is 24.3 Å². The fraction of sp³-hybridized carbons (Fsp3) is 0.632. The Kier molecular flexibility index (Phi) is 4.56. The molecule has 1 amide bonds. The van der Waals surface area contributed by atoms with Gasteiger partial charge in [0, 0.05) is 19.8 Å². The fourth-order valence-electron chi connectivity index (χ4n) is 4.49. The first kappa shape index (κ1) is 16.7. The van der Waals surface area contributed by atoms with Crippen LogP contribution in [-0.2, 0) is 9.47 Å². The Bertz CT molecular complexity index is 629. The van der Waals surface area contributed by atoms with Crippen LogP contribution in [0, 0.1) is 0 Å². The number of rotatable bonds is 3. The van der Waals surface area contributed by atoms with Crippen LogP contribution >= 0.6 is 0 Å². The molecule has 3 aliphatic rings. The molecule has 0 radical (unpaired) electrons. The summed E-state index contributed by atoms with van der Waals surface area (Å²) in [6, 6.07) is 5.66. The monoisotopic (exact) mass is 347 g/mol. The highest BCUT2D eigenvalue weighted by molar-refractivity contribution is 5.95. The van der Waals surface area contributed by atoms with Gasteiger partial charge in [0.25, 0.3) is 5.91 Å². The molecule has 6 heteroatoms. The summed E-state index contributed by atoms with van der Waals surface area (Å²) in [4.78, 5) is 15.3. The smallest absolute Gasteiger partial charge is 0.254 e. The van der Waals surface area contributed by atoms with E-state index in [0.29, 0.717) is 30.3 Å². The van der Waals surface area contributed by atoms with Crippen LogP contribution in [0.3, 0.4) is 0 Å². The van der Waals surface area contributed by atoms with Gasteiger partial charge in [0.2, 0.25) is 0 Å². The number of carbonyl (C=O) groups is 1. The zero-order valence-electron chi connectivity index (χ0n) is 14.8. The minimum atomic E-state index is 0.0236. The zero-order valence-corrected chi connectivity index (χ0v) is 14.8. The molecule has 25 heavy (non-hydrogen) atoms. The molecule has 1 aromatic carbocycles. The predicted octanol–water partition coefficient (Wildman–Crippen LogP) is 2.25. The number of amides is 1. The summed E-state index contributed by atoms with van der Waals surface area (Å²) in [6.07, 6.45) is 3.94. The van der Waals surface area contributed by atoms with Gasteiger partial charge in [-0.3, -0.25) is 4.79 Å². The predicted molar refractivity (Wildman–Crippen MR) is 91.2 cm³/mol. The van der Waals surface area contributed by atoms with Crippen molar-refractivity contribution in [2.75, 3.05) is 27.4 Å². The lowest BCUT2D eigenvalue weighted by Gasteiger charge is -2.52. The summed E-state index contributed by atoms with van der Waals surface area (Å²) >= 11 is 0. The van der Waals surface area contributed by atoms with Gasteiger partial charge in [0.15, 0.2) is 11.5 Å². The summed E-state index contributed by atoms with van der Waals surface area (Å²) in [5.41, 5.74) is 0.632. The van der Waals surface area contributed by atoms with E-state index in [0.717, 1.165) is 25.7 Å². The zero-order chi connectivity index (χ0) is 17.4. The van der Waals surface area contributed by atoms with E-state index in [9.17, 15) is 4.79 Å². The number of hydrogen-bond donors (Lipinski definition) is 0. The van der Waals surface area contributed by atoms with Crippen LogP contribution in [0.5, 0.6) is 11.5 Å². The van der Waals surface area contributed by atoms with E-state index in [1.54, 1.807) is 20.3 Å². The second-order valence-corrected chi connectivity index (χ2v) is 6.91. The average molecular weight is 347 g/mol. The Morgan fingerprint density at radius 3 is 2.16 bits per heavy atom. The van der Waals surface area contributed by atoms with Crippen LogP contribution in [0.25, 0.3) is 0 Å². The Hall–Kier alpha value is -1.79. The molecule has 3 aliphatic heterocycles. The van der Waals surface area contributed by atoms with Gasteiger partial charge in [-0.15, -0.1) is 0 Å². The molecule has 1 aromatic rings. The molecule has 2 fully saturated rings.